The summed E-state index contributed by atoms with van der Waals surface area (Å²) >= 11 is 0. The van der Waals surface area contributed by atoms with Crippen LogP contribution in [0.25, 0.3) is 0 Å². The zero-order valence-electron chi connectivity index (χ0n) is 9.59. The van der Waals surface area contributed by atoms with Gasteiger partial charge in [-0.1, -0.05) is 32.0 Å². The predicted molar refractivity (Wildman–Crippen MR) is 64.2 cm³/mol. The van der Waals surface area contributed by atoms with Crippen LogP contribution in [-0.4, -0.2) is 27.3 Å². The van der Waals surface area contributed by atoms with Crippen LogP contribution in [0, 0.1) is 13.8 Å². The molecule has 0 atom stereocenters. The summed E-state index contributed by atoms with van der Waals surface area (Å²) in [6, 6.07) is 6.60. The van der Waals surface area contributed by atoms with E-state index in [0.717, 1.165) is 22.8 Å². The molecule has 0 aliphatic rings. The highest BCUT2D eigenvalue weighted by Gasteiger charge is 2.06. The zero-order valence-corrected chi connectivity index (χ0v) is 10.6. The summed E-state index contributed by atoms with van der Waals surface area (Å²) in [5.74, 6) is 0. The second-order valence-electron chi connectivity index (χ2n) is 3.53. The van der Waals surface area contributed by atoms with Gasteiger partial charge in [0.05, 0.1) is 0 Å². The molecule has 0 bridgehead atoms. The Morgan fingerprint density at radius 1 is 1.14 bits per heavy atom. The van der Waals surface area contributed by atoms with Crippen molar-refractivity contribution in [1.29, 1.82) is 0 Å². The SMILES string of the molecule is CCN(CC)[Si]c1cccc(C)c1C. The van der Waals surface area contributed by atoms with Gasteiger partial charge in [0, 0.05) is 0 Å². The minimum atomic E-state index is 0.824. The van der Waals surface area contributed by atoms with Gasteiger partial charge >= 0.3 is 0 Å². The van der Waals surface area contributed by atoms with Crippen molar-refractivity contribution >= 4 is 14.9 Å². The van der Waals surface area contributed by atoms with Gasteiger partial charge in [0.1, 0.15) is 0 Å². The van der Waals surface area contributed by atoms with E-state index in [1.807, 2.05) is 0 Å². The molecule has 0 heterocycles. The average Bonchev–Trinajstić information content (AvgIpc) is 2.20. The van der Waals surface area contributed by atoms with Crippen molar-refractivity contribution in [2.24, 2.45) is 0 Å². The van der Waals surface area contributed by atoms with Crippen LogP contribution in [0.5, 0.6) is 0 Å². The maximum atomic E-state index is 2.47. The summed E-state index contributed by atoms with van der Waals surface area (Å²) in [5.41, 5.74) is 2.86. The van der Waals surface area contributed by atoms with Crippen LogP contribution in [0.3, 0.4) is 0 Å². The summed E-state index contributed by atoms with van der Waals surface area (Å²) in [6.07, 6.45) is 0. The average molecular weight is 205 g/mol. The third-order valence-corrected chi connectivity index (χ3v) is 4.38. The van der Waals surface area contributed by atoms with E-state index in [1.54, 1.807) is 0 Å². The summed E-state index contributed by atoms with van der Waals surface area (Å²) in [7, 11) is 0.824. The van der Waals surface area contributed by atoms with E-state index in [0.29, 0.717) is 0 Å². The van der Waals surface area contributed by atoms with E-state index in [9.17, 15) is 0 Å². The van der Waals surface area contributed by atoms with E-state index in [-0.39, 0.29) is 0 Å². The molecule has 1 rings (SSSR count). The van der Waals surface area contributed by atoms with Crippen LogP contribution in [0.4, 0.5) is 0 Å². The number of hydrogen-bond acceptors (Lipinski definition) is 1. The molecule has 1 aromatic rings. The van der Waals surface area contributed by atoms with Gasteiger partial charge in [-0.3, -0.25) is 0 Å². The van der Waals surface area contributed by atoms with Crippen molar-refractivity contribution < 1.29 is 0 Å². The van der Waals surface area contributed by atoms with Gasteiger partial charge in [0.2, 0.25) is 0 Å². The molecule has 0 saturated carbocycles. The largest absolute Gasteiger partial charge is 0.322 e. The van der Waals surface area contributed by atoms with E-state index in [4.69, 9.17) is 0 Å². The van der Waals surface area contributed by atoms with E-state index in [1.165, 1.54) is 16.3 Å². The zero-order chi connectivity index (χ0) is 10.6. The molecule has 2 heteroatoms. The number of hydrogen-bond donors (Lipinski definition) is 0. The van der Waals surface area contributed by atoms with Gasteiger partial charge in [-0.25, -0.2) is 0 Å². The first-order chi connectivity index (χ1) is 6.69. The Labute approximate surface area is 90.0 Å². The highest BCUT2D eigenvalue weighted by Crippen LogP contribution is 2.02. The number of nitrogens with zero attached hydrogens (tertiary/aromatic N) is 1. The molecule has 0 fully saturated rings. The molecule has 0 amide bonds. The molecular formula is C12H19NSi. The van der Waals surface area contributed by atoms with Crippen LogP contribution < -0.4 is 5.19 Å². The smallest absolute Gasteiger partial charge is 0.182 e. The minimum absolute atomic E-state index is 0.824. The van der Waals surface area contributed by atoms with Gasteiger partial charge in [-0.15, -0.1) is 0 Å². The summed E-state index contributed by atoms with van der Waals surface area (Å²) in [6.45, 7) is 11.1. The first kappa shape index (κ1) is 11.5. The fourth-order valence-corrected chi connectivity index (χ4v) is 2.62. The lowest BCUT2D eigenvalue weighted by molar-refractivity contribution is 0.498. The van der Waals surface area contributed by atoms with E-state index in [2.05, 4.69) is 50.5 Å². The Kier molecular flexibility index (Phi) is 4.36. The van der Waals surface area contributed by atoms with Crippen LogP contribution in [0.1, 0.15) is 25.0 Å². The normalized spacial score (nSPS) is 10.9. The van der Waals surface area contributed by atoms with E-state index < -0.39 is 0 Å². The minimum Gasteiger partial charge on any atom is -0.322 e. The highest BCUT2D eigenvalue weighted by molar-refractivity contribution is 6.51. The molecule has 0 saturated heterocycles. The fraction of sp³-hybridized carbons (Fsp3) is 0.500. The number of aryl methyl sites for hydroxylation is 1. The summed E-state index contributed by atoms with van der Waals surface area (Å²) in [4.78, 5) is 0. The Hall–Kier alpha value is -0.603. The maximum absolute atomic E-state index is 2.47. The van der Waals surface area contributed by atoms with Crippen molar-refractivity contribution in [3.8, 4) is 0 Å². The monoisotopic (exact) mass is 205 g/mol. The molecule has 0 N–H and O–H groups in total. The van der Waals surface area contributed by atoms with Crippen molar-refractivity contribution in [2.75, 3.05) is 13.1 Å². The van der Waals surface area contributed by atoms with E-state index >= 15 is 0 Å². The Balaban J connectivity index is 2.80. The first-order valence-corrected chi connectivity index (χ1v) is 6.21. The third-order valence-electron chi connectivity index (χ3n) is 2.65. The number of benzene rings is 1. The topological polar surface area (TPSA) is 3.24 Å². The molecule has 1 aromatic carbocycles. The molecule has 0 aliphatic carbocycles. The second-order valence-corrected chi connectivity index (χ2v) is 4.93. The molecule has 0 spiro atoms. The predicted octanol–water partition coefficient (Wildman–Crippen LogP) is 1.89. The molecule has 14 heavy (non-hydrogen) atoms. The lowest BCUT2D eigenvalue weighted by Gasteiger charge is -2.18. The Morgan fingerprint density at radius 3 is 2.36 bits per heavy atom. The molecule has 0 aliphatic heterocycles. The van der Waals surface area contributed by atoms with Gasteiger partial charge in [0.25, 0.3) is 0 Å². The van der Waals surface area contributed by atoms with Crippen molar-refractivity contribution in [1.82, 2.24) is 4.57 Å². The van der Waals surface area contributed by atoms with Gasteiger partial charge in [-0.2, -0.15) is 0 Å². The van der Waals surface area contributed by atoms with Crippen molar-refractivity contribution in [2.45, 2.75) is 27.7 Å². The first-order valence-electron chi connectivity index (χ1n) is 5.26. The number of rotatable bonds is 4. The van der Waals surface area contributed by atoms with Gasteiger partial charge < -0.3 is 4.57 Å². The molecule has 2 radical (unpaired) electrons. The summed E-state index contributed by atoms with van der Waals surface area (Å²) < 4.78 is 2.47. The molecule has 0 unspecified atom stereocenters. The lowest BCUT2D eigenvalue weighted by Crippen LogP contribution is -2.37. The highest BCUT2D eigenvalue weighted by atomic mass is 28.2. The van der Waals surface area contributed by atoms with Crippen molar-refractivity contribution in [3.05, 3.63) is 29.3 Å². The molecule has 76 valence electrons. The van der Waals surface area contributed by atoms with Crippen LogP contribution >= 0.6 is 0 Å². The van der Waals surface area contributed by atoms with Crippen molar-refractivity contribution in [3.63, 3.8) is 0 Å². The van der Waals surface area contributed by atoms with Gasteiger partial charge in [-0.05, 0) is 43.3 Å². The van der Waals surface area contributed by atoms with Crippen LogP contribution in [0.2, 0.25) is 0 Å². The molecular weight excluding hydrogens is 186 g/mol. The standard InChI is InChI=1S/C12H19NSi/c1-5-13(6-2)14-12-9-7-8-10(3)11(12)4/h7-9H,5-6H2,1-4H3. The van der Waals surface area contributed by atoms with Crippen LogP contribution in [-0.2, 0) is 0 Å². The maximum Gasteiger partial charge on any atom is 0.182 e. The van der Waals surface area contributed by atoms with Crippen LogP contribution in [0.15, 0.2) is 18.2 Å². The fourth-order valence-electron chi connectivity index (χ4n) is 1.42. The molecule has 0 aromatic heterocycles. The Bertz CT molecular complexity index is 292. The lowest BCUT2D eigenvalue weighted by atomic mass is 10.1. The second kappa shape index (κ2) is 5.32. The molecule has 1 nitrogen and oxygen atoms in total. The quantitative estimate of drug-likeness (QED) is 0.679. The summed E-state index contributed by atoms with van der Waals surface area (Å²) in [5, 5.41) is 1.49. The third kappa shape index (κ3) is 2.69. The van der Waals surface area contributed by atoms with Gasteiger partial charge in [0.15, 0.2) is 9.68 Å². The Morgan fingerprint density at radius 2 is 1.79 bits per heavy atom.